The van der Waals surface area contributed by atoms with Crippen molar-refractivity contribution in [2.45, 2.75) is 37.9 Å². The molecular weight excluding hydrogens is 502 g/mol. The fourth-order valence-electron chi connectivity index (χ4n) is 5.14. The van der Waals surface area contributed by atoms with E-state index in [1.54, 1.807) is 31.2 Å². The number of hydrogen-bond acceptors (Lipinski definition) is 5. The van der Waals surface area contributed by atoms with Gasteiger partial charge >= 0.3 is 0 Å². The third-order valence-corrected chi connectivity index (χ3v) is 7.21. The first kappa shape index (κ1) is 26.1. The molecule has 3 aromatic rings. The van der Waals surface area contributed by atoms with Crippen LogP contribution in [0, 0.1) is 12.7 Å². The van der Waals surface area contributed by atoms with Crippen LogP contribution in [0.15, 0.2) is 48.7 Å². The number of carbonyl (C=O) groups is 1. The summed E-state index contributed by atoms with van der Waals surface area (Å²) in [5.74, 6) is -4.38. The SMILES string of the molecule is Cc1ccc(NC(=O)c2ccnc(C(C)(F)F)c2)cc1-c1cc2c(cc1F)C[C@](F)(CO)[C@H]1COCCN21. The molecule has 1 fully saturated rings. The zero-order valence-corrected chi connectivity index (χ0v) is 20.9. The number of ether oxygens (including phenoxy) is 1. The molecule has 200 valence electrons. The van der Waals surface area contributed by atoms with Crippen molar-refractivity contribution >= 4 is 17.3 Å². The number of carbonyl (C=O) groups excluding carboxylic acids is 1. The van der Waals surface area contributed by atoms with E-state index < -0.39 is 41.7 Å². The van der Waals surface area contributed by atoms with Crippen molar-refractivity contribution in [1.29, 1.82) is 0 Å². The first-order chi connectivity index (χ1) is 18.0. The molecule has 1 saturated heterocycles. The lowest BCUT2D eigenvalue weighted by atomic mass is 9.82. The number of aliphatic hydroxyl groups excluding tert-OH is 1. The van der Waals surface area contributed by atoms with Gasteiger partial charge in [0.1, 0.15) is 11.5 Å². The van der Waals surface area contributed by atoms with Crippen LogP contribution >= 0.6 is 0 Å². The number of benzene rings is 2. The van der Waals surface area contributed by atoms with Crippen LogP contribution in [0.5, 0.6) is 0 Å². The predicted molar refractivity (Wildman–Crippen MR) is 135 cm³/mol. The molecule has 1 amide bonds. The van der Waals surface area contributed by atoms with Gasteiger partial charge in [-0.05, 0) is 60.0 Å². The van der Waals surface area contributed by atoms with Crippen LogP contribution in [0.3, 0.4) is 0 Å². The highest BCUT2D eigenvalue weighted by molar-refractivity contribution is 6.04. The Balaban J connectivity index is 1.49. The van der Waals surface area contributed by atoms with Crippen molar-refractivity contribution in [3.63, 3.8) is 0 Å². The number of alkyl halides is 3. The topological polar surface area (TPSA) is 74.7 Å². The summed E-state index contributed by atoms with van der Waals surface area (Å²) >= 11 is 0. The average molecular weight is 530 g/mol. The summed E-state index contributed by atoms with van der Waals surface area (Å²) in [7, 11) is 0. The molecule has 2 aromatic carbocycles. The minimum Gasteiger partial charge on any atom is -0.393 e. The number of aliphatic hydroxyl groups is 1. The minimum atomic E-state index is -3.20. The van der Waals surface area contributed by atoms with Crippen molar-refractivity contribution in [3.05, 3.63) is 76.9 Å². The molecule has 5 rings (SSSR count). The Hall–Kier alpha value is -3.50. The molecule has 2 aliphatic heterocycles. The zero-order chi connectivity index (χ0) is 27.2. The van der Waals surface area contributed by atoms with E-state index in [0.717, 1.165) is 17.8 Å². The number of anilines is 2. The number of hydrogen-bond donors (Lipinski definition) is 2. The van der Waals surface area contributed by atoms with E-state index in [0.29, 0.717) is 42.6 Å². The summed E-state index contributed by atoms with van der Waals surface area (Å²) in [6.45, 7) is 2.70. The largest absolute Gasteiger partial charge is 0.393 e. The van der Waals surface area contributed by atoms with Crippen molar-refractivity contribution in [1.82, 2.24) is 4.98 Å². The van der Waals surface area contributed by atoms with Gasteiger partial charge in [0.15, 0.2) is 5.67 Å². The summed E-state index contributed by atoms with van der Waals surface area (Å²) in [4.78, 5) is 18.3. The van der Waals surface area contributed by atoms with Gasteiger partial charge in [-0.15, -0.1) is 0 Å². The van der Waals surface area contributed by atoms with Crippen LogP contribution in [0.2, 0.25) is 0 Å². The number of pyridine rings is 1. The van der Waals surface area contributed by atoms with Gasteiger partial charge in [0, 0.05) is 48.6 Å². The van der Waals surface area contributed by atoms with Gasteiger partial charge in [-0.1, -0.05) is 6.07 Å². The molecule has 10 heteroatoms. The van der Waals surface area contributed by atoms with Crippen LogP contribution in [0.25, 0.3) is 11.1 Å². The van der Waals surface area contributed by atoms with Crippen LogP contribution in [-0.4, -0.2) is 54.1 Å². The second kappa shape index (κ2) is 9.67. The third-order valence-electron chi connectivity index (χ3n) is 7.21. The molecule has 2 aliphatic rings. The van der Waals surface area contributed by atoms with E-state index in [9.17, 15) is 18.7 Å². The Morgan fingerprint density at radius 3 is 2.76 bits per heavy atom. The molecule has 0 unspecified atom stereocenters. The lowest BCUT2D eigenvalue weighted by Crippen LogP contribution is -2.62. The number of rotatable bonds is 5. The normalized spacial score (nSPS) is 21.0. The lowest BCUT2D eigenvalue weighted by Gasteiger charge is -2.48. The number of fused-ring (bicyclic) bond motifs is 3. The van der Waals surface area contributed by atoms with E-state index in [4.69, 9.17) is 4.74 Å². The van der Waals surface area contributed by atoms with Gasteiger partial charge in [0.25, 0.3) is 11.8 Å². The maximum atomic E-state index is 15.6. The van der Waals surface area contributed by atoms with Crippen molar-refractivity contribution in [3.8, 4) is 11.1 Å². The van der Waals surface area contributed by atoms with Crippen molar-refractivity contribution < 1.29 is 32.2 Å². The fraction of sp³-hybridized carbons (Fsp3) is 0.357. The van der Waals surface area contributed by atoms with Crippen LogP contribution < -0.4 is 10.2 Å². The molecule has 0 bridgehead atoms. The van der Waals surface area contributed by atoms with Gasteiger partial charge in [-0.2, -0.15) is 8.78 Å². The van der Waals surface area contributed by atoms with Crippen LogP contribution in [0.1, 0.15) is 34.1 Å². The van der Waals surface area contributed by atoms with E-state index in [1.165, 1.54) is 12.1 Å². The van der Waals surface area contributed by atoms with E-state index in [-0.39, 0.29) is 24.2 Å². The van der Waals surface area contributed by atoms with E-state index >= 15 is 8.78 Å². The molecule has 0 radical (unpaired) electrons. The third kappa shape index (κ3) is 4.74. The Morgan fingerprint density at radius 1 is 1.24 bits per heavy atom. The fourth-order valence-corrected chi connectivity index (χ4v) is 5.14. The molecule has 1 aromatic heterocycles. The lowest BCUT2D eigenvalue weighted by molar-refractivity contribution is -0.0173. The summed E-state index contributed by atoms with van der Waals surface area (Å²) < 4.78 is 63.8. The first-order valence-electron chi connectivity index (χ1n) is 12.2. The second-order valence-corrected chi connectivity index (χ2v) is 9.92. The number of aryl methyl sites for hydroxylation is 1. The maximum absolute atomic E-state index is 15.6. The summed E-state index contributed by atoms with van der Waals surface area (Å²) in [5.41, 5.74) is 0.554. The van der Waals surface area contributed by atoms with Crippen LogP contribution in [0.4, 0.5) is 28.9 Å². The van der Waals surface area contributed by atoms with Gasteiger partial charge in [-0.3, -0.25) is 9.78 Å². The van der Waals surface area contributed by atoms with E-state index in [1.807, 2.05) is 4.90 Å². The van der Waals surface area contributed by atoms with Crippen LogP contribution in [-0.2, 0) is 17.1 Å². The standard InChI is InChI=1S/C28H27F4N3O3/c1-16-3-4-19(34-26(37)17-5-6-33-24(10-17)27(2,30)31)11-20(16)21-12-23-18(9-22(21)29)13-28(32,15-36)25-14-38-8-7-35(23)25/h3-6,9-12,25,36H,7-8,13-15H2,1-2H3,(H,34,37)/t25-,28+/m1/s1. The van der Waals surface area contributed by atoms with Gasteiger partial charge < -0.3 is 20.1 Å². The molecule has 38 heavy (non-hydrogen) atoms. The molecule has 0 saturated carbocycles. The number of aromatic nitrogens is 1. The highest BCUT2D eigenvalue weighted by Crippen LogP contribution is 2.43. The summed E-state index contributed by atoms with van der Waals surface area (Å²) in [5, 5.41) is 12.4. The Bertz CT molecular complexity index is 1390. The van der Waals surface area contributed by atoms with Gasteiger partial charge in [0.05, 0.1) is 25.9 Å². The molecule has 2 N–H and O–H groups in total. The molecule has 6 nitrogen and oxygen atoms in total. The monoisotopic (exact) mass is 529 g/mol. The van der Waals surface area contributed by atoms with Gasteiger partial charge in [0.2, 0.25) is 0 Å². The zero-order valence-electron chi connectivity index (χ0n) is 20.9. The number of halogens is 4. The number of nitrogens with zero attached hydrogens (tertiary/aromatic N) is 2. The van der Waals surface area contributed by atoms with Gasteiger partial charge in [-0.25, -0.2) is 8.78 Å². The number of morpholine rings is 1. The highest BCUT2D eigenvalue weighted by atomic mass is 19.3. The Morgan fingerprint density at radius 2 is 2.03 bits per heavy atom. The smallest absolute Gasteiger partial charge is 0.286 e. The Labute approximate surface area is 217 Å². The summed E-state index contributed by atoms with van der Waals surface area (Å²) in [6.07, 6.45) is 1.01. The maximum Gasteiger partial charge on any atom is 0.286 e. The molecular formula is C28H27F4N3O3. The van der Waals surface area contributed by atoms with Crippen molar-refractivity contribution in [2.24, 2.45) is 0 Å². The highest BCUT2D eigenvalue weighted by Gasteiger charge is 2.48. The molecule has 3 heterocycles. The summed E-state index contributed by atoms with van der Waals surface area (Å²) in [6, 6.07) is 9.61. The number of nitrogens with one attached hydrogen (secondary N) is 1. The number of amides is 1. The van der Waals surface area contributed by atoms with E-state index in [2.05, 4.69) is 10.3 Å². The Kier molecular flexibility index (Phi) is 6.65. The second-order valence-electron chi connectivity index (χ2n) is 9.92. The first-order valence-corrected chi connectivity index (χ1v) is 12.2. The molecule has 0 spiro atoms. The molecule has 2 atom stereocenters. The average Bonchev–Trinajstić information content (AvgIpc) is 2.89. The minimum absolute atomic E-state index is 0.00978. The molecule has 0 aliphatic carbocycles. The van der Waals surface area contributed by atoms with Crippen molar-refractivity contribution in [2.75, 3.05) is 36.6 Å². The quantitative estimate of drug-likeness (QED) is 0.454. The predicted octanol–water partition coefficient (Wildman–Crippen LogP) is 5.02.